The predicted octanol–water partition coefficient (Wildman–Crippen LogP) is 2.85. The van der Waals surface area contributed by atoms with Crippen molar-refractivity contribution in [1.29, 1.82) is 0 Å². The molecule has 0 radical (unpaired) electrons. The zero-order valence-electron chi connectivity index (χ0n) is 14.6. The van der Waals surface area contributed by atoms with Gasteiger partial charge in [0.15, 0.2) is 0 Å². The Hall–Kier alpha value is -2.18. The van der Waals surface area contributed by atoms with Crippen LogP contribution < -0.4 is 5.32 Å². The van der Waals surface area contributed by atoms with E-state index in [0.29, 0.717) is 11.4 Å². The van der Waals surface area contributed by atoms with E-state index in [9.17, 15) is 14.1 Å². The standard InChI is InChI=1S/C20H24N2O3S/c23-19-9-5-4-8-18(19)21-20(24)16-10-12-22(13-11-16)14-15-26(25)17-6-2-1-3-7-17/h1-9,16,23H,10-15H2,(H,21,24). The Balaban J connectivity index is 1.43. The van der Waals surface area contributed by atoms with Crippen molar-refractivity contribution in [3.05, 3.63) is 54.6 Å². The summed E-state index contributed by atoms with van der Waals surface area (Å²) in [5.41, 5.74) is 0.457. The highest BCUT2D eigenvalue weighted by molar-refractivity contribution is 7.85. The smallest absolute Gasteiger partial charge is 0.227 e. The molecule has 1 unspecified atom stereocenters. The fourth-order valence-electron chi connectivity index (χ4n) is 3.14. The van der Waals surface area contributed by atoms with Gasteiger partial charge in [-0.25, -0.2) is 0 Å². The van der Waals surface area contributed by atoms with Gasteiger partial charge in [0, 0.05) is 23.1 Å². The summed E-state index contributed by atoms with van der Waals surface area (Å²) in [7, 11) is -0.981. The number of hydrogen-bond donors (Lipinski definition) is 2. The van der Waals surface area contributed by atoms with E-state index in [1.807, 2.05) is 30.3 Å². The lowest BCUT2D eigenvalue weighted by Crippen LogP contribution is -2.39. The van der Waals surface area contributed by atoms with Crippen LogP contribution in [0, 0.1) is 5.92 Å². The maximum atomic E-state index is 12.4. The molecule has 1 fully saturated rings. The van der Waals surface area contributed by atoms with Gasteiger partial charge in [-0.15, -0.1) is 0 Å². The van der Waals surface area contributed by atoms with Crippen molar-refractivity contribution in [2.75, 3.05) is 30.7 Å². The lowest BCUT2D eigenvalue weighted by atomic mass is 9.96. The number of aromatic hydroxyl groups is 1. The maximum absolute atomic E-state index is 12.4. The van der Waals surface area contributed by atoms with Crippen LogP contribution in [0.3, 0.4) is 0 Å². The molecule has 0 spiro atoms. The molecular formula is C20H24N2O3S. The normalized spacial score (nSPS) is 16.9. The number of rotatable bonds is 6. The van der Waals surface area contributed by atoms with Gasteiger partial charge in [-0.05, 0) is 50.2 Å². The number of nitrogens with one attached hydrogen (secondary N) is 1. The summed E-state index contributed by atoms with van der Waals surface area (Å²) in [6, 6.07) is 16.3. The minimum absolute atomic E-state index is 0.0426. The molecule has 1 heterocycles. The van der Waals surface area contributed by atoms with Gasteiger partial charge in [0.05, 0.1) is 16.5 Å². The summed E-state index contributed by atoms with van der Waals surface area (Å²) < 4.78 is 12.3. The Morgan fingerprint density at radius 2 is 1.73 bits per heavy atom. The lowest BCUT2D eigenvalue weighted by Gasteiger charge is -2.31. The lowest BCUT2D eigenvalue weighted by molar-refractivity contribution is -0.121. The van der Waals surface area contributed by atoms with Crippen LogP contribution in [-0.2, 0) is 15.6 Å². The molecule has 2 aromatic rings. The highest BCUT2D eigenvalue weighted by atomic mass is 32.2. The first-order valence-electron chi connectivity index (χ1n) is 8.88. The Kier molecular flexibility index (Phi) is 6.41. The second-order valence-corrected chi connectivity index (χ2v) is 8.06. The number of phenolic OH excluding ortho intramolecular Hbond substituents is 1. The molecule has 0 aromatic heterocycles. The predicted molar refractivity (Wildman–Crippen MR) is 104 cm³/mol. The van der Waals surface area contributed by atoms with Crippen molar-refractivity contribution in [3.8, 4) is 5.75 Å². The van der Waals surface area contributed by atoms with E-state index in [2.05, 4.69) is 10.2 Å². The molecule has 1 aliphatic rings. The number of carbonyl (C=O) groups is 1. The molecule has 1 aliphatic heterocycles. The Bertz CT molecular complexity index is 759. The molecule has 0 bridgehead atoms. The van der Waals surface area contributed by atoms with Crippen LogP contribution in [0.25, 0.3) is 0 Å². The number of amides is 1. The number of hydrogen-bond acceptors (Lipinski definition) is 4. The number of likely N-dealkylation sites (tertiary alicyclic amines) is 1. The van der Waals surface area contributed by atoms with Gasteiger partial charge in [0.1, 0.15) is 5.75 Å². The van der Waals surface area contributed by atoms with Crippen LogP contribution >= 0.6 is 0 Å². The van der Waals surface area contributed by atoms with Gasteiger partial charge < -0.3 is 15.3 Å². The molecule has 2 aromatic carbocycles. The van der Waals surface area contributed by atoms with Crippen LogP contribution in [0.15, 0.2) is 59.5 Å². The second-order valence-electron chi connectivity index (χ2n) is 6.49. The number of piperidine rings is 1. The maximum Gasteiger partial charge on any atom is 0.227 e. The van der Waals surface area contributed by atoms with Crippen LogP contribution in [-0.4, -0.2) is 45.5 Å². The average Bonchev–Trinajstić information content (AvgIpc) is 2.69. The molecule has 5 nitrogen and oxygen atoms in total. The Morgan fingerprint density at radius 3 is 2.42 bits per heavy atom. The molecule has 26 heavy (non-hydrogen) atoms. The third-order valence-electron chi connectivity index (χ3n) is 4.72. The SMILES string of the molecule is O=C(Nc1ccccc1O)C1CCN(CCS(=O)c2ccccc2)CC1. The van der Waals surface area contributed by atoms with E-state index in [4.69, 9.17) is 0 Å². The van der Waals surface area contributed by atoms with Gasteiger partial charge in [-0.2, -0.15) is 0 Å². The molecule has 138 valence electrons. The van der Waals surface area contributed by atoms with Gasteiger partial charge in [0.25, 0.3) is 0 Å². The molecule has 1 atom stereocenters. The minimum atomic E-state index is -0.981. The zero-order valence-corrected chi connectivity index (χ0v) is 15.5. The molecule has 2 N–H and O–H groups in total. The second kappa shape index (κ2) is 8.96. The molecule has 3 rings (SSSR count). The minimum Gasteiger partial charge on any atom is -0.506 e. The number of anilines is 1. The molecule has 0 aliphatic carbocycles. The highest BCUT2D eigenvalue weighted by Gasteiger charge is 2.25. The van der Waals surface area contributed by atoms with Crippen molar-refractivity contribution < 1.29 is 14.1 Å². The van der Waals surface area contributed by atoms with Crippen molar-refractivity contribution in [2.24, 2.45) is 5.92 Å². The van der Waals surface area contributed by atoms with Gasteiger partial charge in [-0.3, -0.25) is 9.00 Å². The van der Waals surface area contributed by atoms with E-state index in [1.165, 1.54) is 0 Å². The number of phenols is 1. The summed E-state index contributed by atoms with van der Waals surface area (Å²) in [5, 5.41) is 12.6. The molecule has 6 heteroatoms. The summed E-state index contributed by atoms with van der Waals surface area (Å²) in [5.74, 6) is 0.602. The quantitative estimate of drug-likeness (QED) is 0.765. The van der Waals surface area contributed by atoms with Gasteiger partial charge in [0.2, 0.25) is 5.91 Å². The van der Waals surface area contributed by atoms with E-state index >= 15 is 0 Å². The van der Waals surface area contributed by atoms with Crippen molar-refractivity contribution in [1.82, 2.24) is 4.90 Å². The van der Waals surface area contributed by atoms with Crippen molar-refractivity contribution in [3.63, 3.8) is 0 Å². The van der Waals surface area contributed by atoms with Gasteiger partial charge >= 0.3 is 0 Å². The first-order chi connectivity index (χ1) is 12.6. The van der Waals surface area contributed by atoms with Crippen LogP contribution in [0.1, 0.15) is 12.8 Å². The summed E-state index contributed by atoms with van der Waals surface area (Å²) in [4.78, 5) is 15.5. The molecular weight excluding hydrogens is 348 g/mol. The van der Waals surface area contributed by atoms with E-state index in [0.717, 1.165) is 37.4 Å². The van der Waals surface area contributed by atoms with Crippen LogP contribution in [0.2, 0.25) is 0 Å². The third kappa shape index (κ3) is 4.93. The summed E-state index contributed by atoms with van der Waals surface area (Å²) in [6.07, 6.45) is 1.55. The monoisotopic (exact) mass is 372 g/mol. The molecule has 1 amide bonds. The molecule has 0 saturated carbocycles. The van der Waals surface area contributed by atoms with Gasteiger partial charge in [-0.1, -0.05) is 30.3 Å². The number of nitrogens with zero attached hydrogens (tertiary/aromatic N) is 1. The Labute approximate surface area is 156 Å². The summed E-state index contributed by atoms with van der Waals surface area (Å²) >= 11 is 0. The number of para-hydroxylation sites is 2. The average molecular weight is 372 g/mol. The van der Waals surface area contributed by atoms with Crippen LogP contribution in [0.5, 0.6) is 5.75 Å². The topological polar surface area (TPSA) is 69.6 Å². The first kappa shape index (κ1) is 18.6. The third-order valence-corrected chi connectivity index (χ3v) is 6.07. The zero-order chi connectivity index (χ0) is 18.4. The number of carbonyl (C=O) groups excluding carboxylic acids is 1. The van der Waals surface area contributed by atoms with Crippen molar-refractivity contribution >= 4 is 22.4 Å². The fraction of sp³-hybridized carbons (Fsp3) is 0.350. The van der Waals surface area contributed by atoms with E-state index < -0.39 is 10.8 Å². The Morgan fingerprint density at radius 1 is 1.08 bits per heavy atom. The number of benzene rings is 2. The first-order valence-corrected chi connectivity index (χ1v) is 10.2. The summed E-state index contributed by atoms with van der Waals surface area (Å²) in [6.45, 7) is 2.42. The van der Waals surface area contributed by atoms with E-state index in [1.54, 1.807) is 24.3 Å². The molecule has 1 saturated heterocycles. The van der Waals surface area contributed by atoms with Crippen molar-refractivity contribution in [2.45, 2.75) is 17.7 Å². The van der Waals surface area contributed by atoms with E-state index in [-0.39, 0.29) is 17.6 Å². The van der Waals surface area contributed by atoms with Crippen LogP contribution in [0.4, 0.5) is 5.69 Å². The largest absolute Gasteiger partial charge is 0.506 e. The highest BCUT2D eigenvalue weighted by Crippen LogP contribution is 2.24. The fourth-order valence-corrected chi connectivity index (χ4v) is 4.26.